The van der Waals surface area contributed by atoms with E-state index in [1.165, 1.54) is 6.26 Å². The summed E-state index contributed by atoms with van der Waals surface area (Å²) in [6.07, 6.45) is 3.35. The average Bonchev–Trinajstić information content (AvgIpc) is 2.95. The van der Waals surface area contributed by atoms with Crippen molar-refractivity contribution in [2.75, 3.05) is 19.3 Å². The fourth-order valence-corrected chi connectivity index (χ4v) is 4.01. The minimum Gasteiger partial charge on any atom is -0.388 e. The first-order valence-corrected chi connectivity index (χ1v) is 10.3. The van der Waals surface area contributed by atoms with Crippen LogP contribution in [0.2, 0.25) is 0 Å². The number of aliphatic hydroxyl groups excluding tert-OH is 1. The third kappa shape index (κ3) is 4.08. The molecule has 1 N–H and O–H groups in total. The van der Waals surface area contributed by atoms with E-state index < -0.39 is 9.84 Å². The maximum atomic E-state index is 11.5. The fourth-order valence-electron chi connectivity index (χ4n) is 3.38. The lowest BCUT2D eigenvalue weighted by Crippen LogP contribution is -2.34. The molecule has 2 aromatic rings. The largest absolute Gasteiger partial charge is 0.388 e. The van der Waals surface area contributed by atoms with Crippen molar-refractivity contribution in [1.82, 2.24) is 19.7 Å². The highest BCUT2D eigenvalue weighted by Gasteiger charge is 2.25. The van der Waals surface area contributed by atoms with Crippen LogP contribution in [0.3, 0.4) is 0 Å². The lowest BCUT2D eigenvalue weighted by Gasteiger charge is -2.32. The van der Waals surface area contributed by atoms with Gasteiger partial charge < -0.3 is 9.67 Å². The van der Waals surface area contributed by atoms with Crippen molar-refractivity contribution in [2.24, 2.45) is 7.05 Å². The van der Waals surface area contributed by atoms with Gasteiger partial charge in [-0.05, 0) is 37.1 Å². The predicted octanol–water partition coefficient (Wildman–Crippen LogP) is 1.09. The highest BCUT2D eigenvalue weighted by molar-refractivity contribution is 7.90. The maximum Gasteiger partial charge on any atom is 0.175 e. The SMILES string of the molecule is Cn1c(CO)nnc1C1CCCN(Cc2ccc(S(C)(=O)=O)cc2)C1. The third-order valence-corrected chi connectivity index (χ3v) is 5.90. The van der Waals surface area contributed by atoms with E-state index in [9.17, 15) is 13.5 Å². The molecule has 1 fully saturated rings. The van der Waals surface area contributed by atoms with Crippen molar-refractivity contribution >= 4 is 9.84 Å². The Morgan fingerprint density at radius 3 is 2.56 bits per heavy atom. The second-order valence-electron chi connectivity index (χ2n) is 6.68. The Morgan fingerprint density at radius 1 is 1.24 bits per heavy atom. The summed E-state index contributed by atoms with van der Waals surface area (Å²) in [5, 5.41) is 17.6. The minimum absolute atomic E-state index is 0.105. The molecule has 2 heterocycles. The lowest BCUT2D eigenvalue weighted by atomic mass is 9.96. The fraction of sp³-hybridized carbons (Fsp3) is 0.529. The van der Waals surface area contributed by atoms with Crippen molar-refractivity contribution in [3.8, 4) is 0 Å². The zero-order chi connectivity index (χ0) is 18.0. The Morgan fingerprint density at radius 2 is 1.96 bits per heavy atom. The molecule has 0 spiro atoms. The zero-order valence-electron chi connectivity index (χ0n) is 14.6. The number of likely N-dealkylation sites (tertiary alicyclic amines) is 1. The number of hydrogen-bond acceptors (Lipinski definition) is 6. The molecule has 1 aromatic heterocycles. The Kier molecular flexibility index (Phi) is 5.21. The van der Waals surface area contributed by atoms with Crippen LogP contribution in [0.1, 0.15) is 36.0 Å². The highest BCUT2D eigenvalue weighted by Crippen LogP contribution is 2.27. The number of benzene rings is 1. The molecular formula is C17H24N4O3S. The van der Waals surface area contributed by atoms with Gasteiger partial charge in [-0.25, -0.2) is 8.42 Å². The maximum absolute atomic E-state index is 11.5. The first kappa shape index (κ1) is 18.0. The summed E-state index contributed by atoms with van der Waals surface area (Å²) in [6.45, 7) is 2.57. The van der Waals surface area contributed by atoms with E-state index in [4.69, 9.17) is 0 Å². The van der Waals surface area contributed by atoms with Crippen LogP contribution in [-0.4, -0.2) is 52.5 Å². The number of nitrogens with zero attached hydrogens (tertiary/aromatic N) is 4. The minimum atomic E-state index is -3.15. The van der Waals surface area contributed by atoms with Crippen molar-refractivity contribution in [3.05, 3.63) is 41.5 Å². The summed E-state index contributed by atoms with van der Waals surface area (Å²) in [5.41, 5.74) is 1.10. The molecule has 1 aliphatic heterocycles. The molecular weight excluding hydrogens is 340 g/mol. The van der Waals surface area contributed by atoms with E-state index in [2.05, 4.69) is 15.1 Å². The number of aliphatic hydroxyl groups is 1. The molecule has 0 amide bonds. The van der Waals surface area contributed by atoms with Crippen molar-refractivity contribution in [2.45, 2.75) is 36.8 Å². The van der Waals surface area contributed by atoms with Gasteiger partial charge in [-0.1, -0.05) is 12.1 Å². The summed E-state index contributed by atoms with van der Waals surface area (Å²) in [6, 6.07) is 7.10. The predicted molar refractivity (Wildman–Crippen MR) is 93.7 cm³/mol. The second-order valence-corrected chi connectivity index (χ2v) is 8.70. The number of rotatable bonds is 5. The number of sulfone groups is 1. The van der Waals surface area contributed by atoms with Crippen LogP contribution in [-0.2, 0) is 30.0 Å². The van der Waals surface area contributed by atoms with Gasteiger partial charge in [0.05, 0.1) is 4.90 Å². The van der Waals surface area contributed by atoms with E-state index in [0.29, 0.717) is 16.6 Å². The van der Waals surface area contributed by atoms with Gasteiger partial charge in [0.2, 0.25) is 0 Å². The molecule has 0 aliphatic carbocycles. The van der Waals surface area contributed by atoms with Gasteiger partial charge in [0, 0.05) is 32.3 Å². The van der Waals surface area contributed by atoms with E-state index in [-0.39, 0.29) is 6.61 Å². The van der Waals surface area contributed by atoms with Crippen LogP contribution < -0.4 is 0 Å². The molecule has 0 saturated carbocycles. The van der Waals surface area contributed by atoms with Crippen molar-refractivity contribution < 1.29 is 13.5 Å². The number of aromatic nitrogens is 3. The number of hydrogen-bond donors (Lipinski definition) is 1. The number of piperidine rings is 1. The first-order valence-electron chi connectivity index (χ1n) is 8.39. The Balaban J connectivity index is 1.68. The average molecular weight is 364 g/mol. The van der Waals surface area contributed by atoms with E-state index in [1.54, 1.807) is 12.1 Å². The zero-order valence-corrected chi connectivity index (χ0v) is 15.4. The van der Waals surface area contributed by atoms with Gasteiger partial charge in [-0.3, -0.25) is 4.90 Å². The third-order valence-electron chi connectivity index (χ3n) is 4.77. The molecule has 25 heavy (non-hydrogen) atoms. The van der Waals surface area contributed by atoms with Gasteiger partial charge in [0.15, 0.2) is 15.7 Å². The molecule has 0 bridgehead atoms. The molecule has 1 unspecified atom stereocenters. The van der Waals surface area contributed by atoms with Crippen LogP contribution in [0.4, 0.5) is 0 Å². The Labute approximate surface area is 148 Å². The van der Waals surface area contributed by atoms with Crippen molar-refractivity contribution in [1.29, 1.82) is 0 Å². The molecule has 8 heteroatoms. The van der Waals surface area contributed by atoms with E-state index in [0.717, 1.165) is 43.9 Å². The second kappa shape index (κ2) is 7.23. The molecule has 1 aliphatic rings. The lowest BCUT2D eigenvalue weighted by molar-refractivity contribution is 0.194. The summed E-state index contributed by atoms with van der Waals surface area (Å²) < 4.78 is 25.0. The summed E-state index contributed by atoms with van der Waals surface area (Å²) in [5.74, 6) is 1.80. The molecule has 3 rings (SSSR count). The molecule has 1 atom stereocenters. The van der Waals surface area contributed by atoms with Gasteiger partial charge in [0.25, 0.3) is 0 Å². The standard InChI is InChI=1S/C17H24N4O3S/c1-20-16(12-22)18-19-17(20)14-4-3-9-21(11-14)10-13-5-7-15(8-6-13)25(2,23)24/h5-8,14,22H,3-4,9-12H2,1-2H3. The summed E-state index contributed by atoms with van der Waals surface area (Å²) >= 11 is 0. The van der Waals surface area contributed by atoms with Crippen LogP contribution in [0.5, 0.6) is 0 Å². The normalized spacial score (nSPS) is 19.2. The molecule has 0 radical (unpaired) electrons. The van der Waals surface area contributed by atoms with E-state index >= 15 is 0 Å². The monoisotopic (exact) mass is 364 g/mol. The van der Waals surface area contributed by atoms with Crippen LogP contribution in [0.25, 0.3) is 0 Å². The smallest absolute Gasteiger partial charge is 0.175 e. The van der Waals surface area contributed by atoms with E-state index in [1.807, 2.05) is 23.7 Å². The van der Waals surface area contributed by atoms with Crippen LogP contribution in [0.15, 0.2) is 29.2 Å². The quantitative estimate of drug-likeness (QED) is 0.854. The summed E-state index contributed by atoms with van der Waals surface area (Å²) in [7, 11) is -1.26. The topological polar surface area (TPSA) is 88.3 Å². The van der Waals surface area contributed by atoms with Gasteiger partial charge in [-0.15, -0.1) is 10.2 Å². The molecule has 1 saturated heterocycles. The highest BCUT2D eigenvalue weighted by atomic mass is 32.2. The Bertz CT molecular complexity index is 830. The van der Waals surface area contributed by atoms with Crippen molar-refractivity contribution in [3.63, 3.8) is 0 Å². The molecule has 7 nitrogen and oxygen atoms in total. The van der Waals surface area contributed by atoms with Gasteiger partial charge in [-0.2, -0.15) is 0 Å². The molecule has 136 valence electrons. The molecule has 1 aromatic carbocycles. The first-order chi connectivity index (χ1) is 11.9. The van der Waals surface area contributed by atoms with Crippen LogP contribution in [0, 0.1) is 0 Å². The Hall–Kier alpha value is -1.77. The van der Waals surface area contributed by atoms with Gasteiger partial charge >= 0.3 is 0 Å². The van der Waals surface area contributed by atoms with Crippen LogP contribution >= 0.6 is 0 Å². The summed E-state index contributed by atoms with van der Waals surface area (Å²) in [4.78, 5) is 2.71. The van der Waals surface area contributed by atoms with Gasteiger partial charge in [0.1, 0.15) is 12.4 Å².